The molecule has 4 atom stereocenters. The van der Waals surface area contributed by atoms with Crippen molar-refractivity contribution in [3.63, 3.8) is 0 Å². The third kappa shape index (κ3) is 4.13. The molecular weight excluding hydrogens is 263 g/mol. The Kier molecular flexibility index (Phi) is 7.81. The van der Waals surface area contributed by atoms with E-state index in [-0.39, 0.29) is 18.9 Å². The van der Waals surface area contributed by atoms with Crippen LogP contribution in [0.25, 0.3) is 0 Å². The molecule has 2 bridgehead atoms. The van der Waals surface area contributed by atoms with Gasteiger partial charge in [-0.25, -0.2) is 0 Å². The van der Waals surface area contributed by atoms with Crippen LogP contribution in [0.1, 0.15) is 64.7 Å². The van der Waals surface area contributed by atoms with Crippen LogP contribution in [-0.2, 0) is 0 Å². The van der Waals surface area contributed by atoms with Crippen LogP contribution in [0.3, 0.4) is 0 Å². The van der Waals surface area contributed by atoms with Crippen molar-refractivity contribution in [1.29, 1.82) is 0 Å². The Morgan fingerprint density at radius 3 is 1.73 bits per heavy atom. The van der Waals surface area contributed by atoms with Crippen molar-refractivity contribution < 1.29 is 18.9 Å². The summed E-state index contributed by atoms with van der Waals surface area (Å²) < 4.78 is 0. The maximum atomic E-state index is 3.60. The van der Waals surface area contributed by atoms with Crippen LogP contribution < -0.4 is 18.9 Å². The molecule has 0 aromatic heterocycles. The molecule has 0 aromatic carbocycles. The molecule has 122 valence electrons. The summed E-state index contributed by atoms with van der Waals surface area (Å²) in [4.78, 5) is 5.74. The van der Waals surface area contributed by atoms with E-state index in [0.717, 1.165) is 30.3 Å². The van der Waals surface area contributed by atoms with Gasteiger partial charge in [0, 0.05) is 25.2 Å². The minimum absolute atomic E-state index is 0. The predicted molar refractivity (Wildman–Crippen MR) is 90.3 cm³/mol. The van der Waals surface area contributed by atoms with Gasteiger partial charge in [-0.05, 0) is 57.0 Å². The molecule has 22 heavy (non-hydrogen) atoms. The van der Waals surface area contributed by atoms with Gasteiger partial charge in [-0.15, -0.1) is 0 Å². The van der Waals surface area contributed by atoms with E-state index in [9.17, 15) is 0 Å². The first-order valence-electron chi connectivity index (χ1n) is 9.60. The van der Waals surface area contributed by atoms with Crippen molar-refractivity contribution >= 4 is 0 Å². The molecule has 0 aromatic rings. The number of rotatable bonds is 1. The molecule has 2 nitrogen and oxygen atoms in total. The maximum Gasteiger partial charge on any atom is 1.00 e. The predicted octanol–water partition coefficient (Wildman–Crippen LogP) is 0.970. The smallest absolute Gasteiger partial charge is 0.343 e. The molecule has 4 aliphatic rings. The molecule has 0 unspecified atom stereocenters. The largest absolute Gasteiger partial charge is 1.00 e. The van der Waals surface area contributed by atoms with Gasteiger partial charge < -0.3 is 6.92 Å². The molecule has 0 N–H and O–H groups in total. The average molecular weight is 298 g/mol. The summed E-state index contributed by atoms with van der Waals surface area (Å²) in [5, 5.41) is 0. The Bertz CT molecular complexity index is 293. The third-order valence-corrected chi connectivity index (χ3v) is 6.31. The first-order chi connectivity index (χ1) is 10.3. The van der Waals surface area contributed by atoms with E-state index < -0.39 is 0 Å². The Hall–Kier alpha value is 0.517. The van der Waals surface area contributed by atoms with Crippen molar-refractivity contribution in [2.45, 2.75) is 76.8 Å². The zero-order chi connectivity index (χ0) is 14.7. The number of nitrogens with zero attached hydrogens (tertiary/aromatic N) is 2. The van der Waals surface area contributed by atoms with Crippen molar-refractivity contribution in [3.8, 4) is 0 Å². The number of hydrogen-bond acceptors (Lipinski definition) is 2. The zero-order valence-electron chi connectivity index (χ0n) is 15.1. The Labute approximate surface area is 150 Å². The van der Waals surface area contributed by atoms with Crippen LogP contribution in [0.15, 0.2) is 0 Å². The van der Waals surface area contributed by atoms with E-state index in [1.165, 1.54) is 71.1 Å². The summed E-state index contributed by atoms with van der Waals surface area (Å²) in [6.45, 7) is 11.4. The van der Waals surface area contributed by atoms with Gasteiger partial charge in [0.25, 0.3) is 0 Å². The molecule has 3 heteroatoms. The normalized spacial score (nSPS) is 37.9. The molecule has 4 heterocycles. The summed E-state index contributed by atoms with van der Waals surface area (Å²) in [6.07, 6.45) is 12.7. The van der Waals surface area contributed by atoms with E-state index in [4.69, 9.17) is 0 Å². The van der Waals surface area contributed by atoms with E-state index in [2.05, 4.69) is 23.6 Å². The second-order valence-electron chi connectivity index (χ2n) is 7.73. The quantitative estimate of drug-likeness (QED) is 0.526. The summed E-state index contributed by atoms with van der Waals surface area (Å²) >= 11 is 0. The van der Waals surface area contributed by atoms with Crippen LogP contribution in [0, 0.1) is 18.8 Å². The van der Waals surface area contributed by atoms with Gasteiger partial charge in [-0.3, -0.25) is 9.80 Å². The van der Waals surface area contributed by atoms with Crippen LogP contribution in [0.5, 0.6) is 0 Å². The van der Waals surface area contributed by atoms with Crippen LogP contribution in [-0.4, -0.2) is 48.1 Å². The Morgan fingerprint density at radius 2 is 1.32 bits per heavy atom. The number of unbranched alkanes of at least 4 members (excludes halogenated alkanes) is 1. The first-order valence-corrected chi connectivity index (χ1v) is 9.60. The van der Waals surface area contributed by atoms with Gasteiger partial charge in [0.15, 0.2) is 0 Å². The van der Waals surface area contributed by atoms with Gasteiger partial charge in [0.1, 0.15) is 0 Å². The molecule has 4 saturated heterocycles. The van der Waals surface area contributed by atoms with E-state index in [0.29, 0.717) is 0 Å². The minimum atomic E-state index is 0. The SMILES string of the molecule is C1CCN2C[C@@H]3C[C@@H](CN4CCCC[C@@H]34)[C@H]2C1.[CH2-]CCC.[Li+]. The molecule has 0 amide bonds. The van der Waals surface area contributed by atoms with E-state index in [1.54, 1.807) is 6.42 Å². The Morgan fingerprint density at radius 1 is 0.864 bits per heavy atom. The monoisotopic (exact) mass is 298 g/mol. The molecule has 4 aliphatic heterocycles. The van der Waals surface area contributed by atoms with Crippen molar-refractivity contribution in [3.05, 3.63) is 6.92 Å². The maximum absolute atomic E-state index is 3.60. The fourth-order valence-electron chi connectivity index (χ4n) is 5.25. The third-order valence-electron chi connectivity index (χ3n) is 6.31. The van der Waals surface area contributed by atoms with Crippen molar-refractivity contribution in [2.24, 2.45) is 11.8 Å². The topological polar surface area (TPSA) is 6.48 Å². The molecule has 0 spiro atoms. The number of hydrogen-bond donors (Lipinski definition) is 0. The fourth-order valence-corrected chi connectivity index (χ4v) is 5.25. The van der Waals surface area contributed by atoms with Crippen molar-refractivity contribution in [1.82, 2.24) is 9.80 Å². The van der Waals surface area contributed by atoms with E-state index >= 15 is 0 Å². The van der Waals surface area contributed by atoms with Gasteiger partial charge in [0.2, 0.25) is 0 Å². The fraction of sp³-hybridized carbons (Fsp3) is 0.947. The molecule has 4 fully saturated rings. The molecule has 0 aliphatic carbocycles. The van der Waals surface area contributed by atoms with Crippen LogP contribution >= 0.6 is 0 Å². The zero-order valence-corrected chi connectivity index (χ0v) is 15.1. The van der Waals surface area contributed by atoms with Gasteiger partial charge in [0.05, 0.1) is 0 Å². The van der Waals surface area contributed by atoms with E-state index in [1.807, 2.05) is 0 Å². The first kappa shape index (κ1) is 18.9. The molecule has 0 radical (unpaired) electrons. The minimum Gasteiger partial charge on any atom is -0.343 e. The molecule has 0 saturated carbocycles. The van der Waals surface area contributed by atoms with Gasteiger partial charge >= 0.3 is 18.9 Å². The summed E-state index contributed by atoms with van der Waals surface area (Å²) in [7, 11) is 0. The average Bonchev–Trinajstić information content (AvgIpc) is 2.55. The van der Waals surface area contributed by atoms with Gasteiger partial charge in [-0.1, -0.05) is 26.2 Å². The van der Waals surface area contributed by atoms with Gasteiger partial charge in [-0.2, -0.15) is 6.42 Å². The Balaban J connectivity index is 0.000000319. The van der Waals surface area contributed by atoms with Crippen molar-refractivity contribution in [2.75, 3.05) is 26.2 Å². The van der Waals surface area contributed by atoms with Crippen LogP contribution in [0.2, 0.25) is 0 Å². The second-order valence-corrected chi connectivity index (χ2v) is 7.73. The number of piperidine rings is 4. The summed E-state index contributed by atoms with van der Waals surface area (Å²) in [5.41, 5.74) is 0. The molecule has 4 rings (SSSR count). The summed E-state index contributed by atoms with van der Waals surface area (Å²) in [6, 6.07) is 1.92. The second kappa shape index (κ2) is 9.12. The number of fused-ring (bicyclic) bond motifs is 6. The van der Waals surface area contributed by atoms with Crippen LogP contribution in [0.4, 0.5) is 0 Å². The summed E-state index contributed by atoms with van der Waals surface area (Å²) in [5.74, 6) is 2.03. The standard InChI is InChI=1S/C15H26N2.C4H9.Li/c1-3-7-16-11-13-9-12(14(16)5-1)10-17-8-4-2-6-15(13)17;1-3-4-2;/h12-15H,1-11H2;1,3-4H2,2H3;/q;-1;+1/t12-,13-,14-,15+;;/m0../s1. The molecular formula is C19H35LiN2.